The molecule has 3 heterocycles. The number of nitrogens with one attached hydrogen (secondary N) is 2. The van der Waals surface area contributed by atoms with Crippen LogP contribution >= 0.6 is 11.6 Å². The molecule has 1 amide bonds. The minimum Gasteiger partial charge on any atom is -0.404 e. The summed E-state index contributed by atoms with van der Waals surface area (Å²) in [4.78, 5) is 22.6. The molecule has 1 saturated heterocycles. The number of pyridine rings is 1. The smallest absolute Gasteiger partial charge is 0.256 e. The first-order chi connectivity index (χ1) is 14.5. The van der Waals surface area contributed by atoms with E-state index in [4.69, 9.17) is 27.5 Å². The SMILES string of the molecule is N=C/C(=C\N)c1ccc2c(C(=O)N3CCOCC3c3ccc(F)c(Cl)c3)c[nH]c2n1. The van der Waals surface area contributed by atoms with Crippen molar-refractivity contribution in [3.05, 3.63) is 70.4 Å². The second-order valence-electron chi connectivity index (χ2n) is 6.82. The van der Waals surface area contributed by atoms with E-state index in [0.717, 1.165) is 6.21 Å². The molecule has 1 aliphatic heterocycles. The van der Waals surface area contributed by atoms with Crippen molar-refractivity contribution >= 4 is 40.3 Å². The number of aromatic amines is 1. The second kappa shape index (κ2) is 8.25. The van der Waals surface area contributed by atoms with Gasteiger partial charge in [0.2, 0.25) is 0 Å². The van der Waals surface area contributed by atoms with Gasteiger partial charge in [-0.15, -0.1) is 0 Å². The molecular weight excluding hydrogens is 409 g/mol. The molecule has 2 aromatic heterocycles. The maximum Gasteiger partial charge on any atom is 0.256 e. The number of halogens is 2. The number of hydrogen-bond donors (Lipinski definition) is 3. The molecule has 0 bridgehead atoms. The van der Waals surface area contributed by atoms with Crippen molar-refractivity contribution in [3.8, 4) is 0 Å². The van der Waals surface area contributed by atoms with E-state index in [9.17, 15) is 9.18 Å². The van der Waals surface area contributed by atoms with Gasteiger partial charge >= 0.3 is 0 Å². The Morgan fingerprint density at radius 1 is 1.40 bits per heavy atom. The van der Waals surface area contributed by atoms with E-state index in [2.05, 4.69) is 9.97 Å². The van der Waals surface area contributed by atoms with Gasteiger partial charge in [-0.3, -0.25) is 4.79 Å². The van der Waals surface area contributed by atoms with Gasteiger partial charge in [0.05, 0.1) is 35.5 Å². The summed E-state index contributed by atoms with van der Waals surface area (Å²) < 4.78 is 19.1. The van der Waals surface area contributed by atoms with Gasteiger partial charge in [0.25, 0.3) is 5.91 Å². The Hall–Kier alpha value is -3.23. The average Bonchev–Trinajstić information content (AvgIpc) is 3.19. The molecule has 154 valence electrons. The quantitative estimate of drug-likeness (QED) is 0.553. The number of amides is 1. The van der Waals surface area contributed by atoms with E-state index < -0.39 is 5.82 Å². The topological polar surface area (TPSA) is 108 Å². The third-order valence-corrected chi connectivity index (χ3v) is 5.41. The third kappa shape index (κ3) is 3.55. The van der Waals surface area contributed by atoms with Crippen LogP contribution in [-0.4, -0.2) is 46.7 Å². The molecule has 0 aliphatic carbocycles. The number of hydrogen-bond acceptors (Lipinski definition) is 5. The molecule has 0 spiro atoms. The predicted octanol–water partition coefficient (Wildman–Crippen LogP) is 3.52. The maximum atomic E-state index is 13.6. The van der Waals surface area contributed by atoms with Crippen molar-refractivity contribution in [2.24, 2.45) is 5.73 Å². The number of allylic oxidation sites excluding steroid dienone is 1. The number of nitrogens with zero attached hydrogens (tertiary/aromatic N) is 2. The number of fused-ring (bicyclic) bond motifs is 1. The Bertz CT molecular complexity index is 1160. The van der Waals surface area contributed by atoms with Crippen LogP contribution in [0.4, 0.5) is 4.39 Å². The summed E-state index contributed by atoms with van der Waals surface area (Å²) in [5.74, 6) is -0.699. The lowest BCUT2D eigenvalue weighted by molar-refractivity contribution is -0.00260. The zero-order chi connectivity index (χ0) is 21.3. The van der Waals surface area contributed by atoms with Crippen LogP contribution in [0.5, 0.6) is 0 Å². The van der Waals surface area contributed by atoms with Gasteiger partial charge in [-0.2, -0.15) is 0 Å². The average molecular weight is 428 g/mol. The normalized spacial score (nSPS) is 17.3. The Balaban J connectivity index is 1.69. The Morgan fingerprint density at radius 2 is 2.23 bits per heavy atom. The van der Waals surface area contributed by atoms with Gasteiger partial charge in [-0.25, -0.2) is 9.37 Å². The Labute approximate surface area is 176 Å². The number of aromatic nitrogens is 2. The minimum absolute atomic E-state index is 0.00394. The molecule has 9 heteroatoms. The third-order valence-electron chi connectivity index (χ3n) is 5.12. The number of ether oxygens (including phenoxy) is 1. The highest BCUT2D eigenvalue weighted by Crippen LogP contribution is 2.30. The highest BCUT2D eigenvalue weighted by Gasteiger charge is 2.31. The van der Waals surface area contributed by atoms with E-state index in [1.807, 2.05) is 0 Å². The van der Waals surface area contributed by atoms with Crippen molar-refractivity contribution in [2.45, 2.75) is 6.04 Å². The molecule has 30 heavy (non-hydrogen) atoms. The fourth-order valence-corrected chi connectivity index (χ4v) is 3.74. The van der Waals surface area contributed by atoms with Crippen molar-refractivity contribution < 1.29 is 13.9 Å². The number of carbonyl (C=O) groups is 1. The highest BCUT2D eigenvalue weighted by molar-refractivity contribution is 6.30. The molecule has 0 saturated carbocycles. The molecule has 1 unspecified atom stereocenters. The lowest BCUT2D eigenvalue weighted by Gasteiger charge is -2.36. The molecule has 7 nitrogen and oxygen atoms in total. The van der Waals surface area contributed by atoms with Crippen LogP contribution in [0.1, 0.15) is 27.7 Å². The lowest BCUT2D eigenvalue weighted by Crippen LogP contribution is -2.43. The van der Waals surface area contributed by atoms with Gasteiger partial charge in [0.1, 0.15) is 11.5 Å². The first-order valence-electron chi connectivity index (χ1n) is 9.28. The van der Waals surface area contributed by atoms with Crippen LogP contribution in [-0.2, 0) is 4.74 Å². The molecular formula is C21H19ClFN5O2. The maximum absolute atomic E-state index is 13.6. The number of nitrogens with two attached hydrogens (primary N) is 1. The summed E-state index contributed by atoms with van der Waals surface area (Å²) in [7, 11) is 0. The lowest BCUT2D eigenvalue weighted by atomic mass is 10.0. The number of rotatable bonds is 4. The fourth-order valence-electron chi connectivity index (χ4n) is 3.55. The monoisotopic (exact) mass is 427 g/mol. The first kappa shape index (κ1) is 20.1. The van der Waals surface area contributed by atoms with Crippen LogP contribution in [0.3, 0.4) is 0 Å². The van der Waals surface area contributed by atoms with Crippen molar-refractivity contribution in [1.82, 2.24) is 14.9 Å². The molecule has 1 aliphatic rings. The minimum atomic E-state index is -0.510. The van der Waals surface area contributed by atoms with Crippen LogP contribution in [0, 0.1) is 11.2 Å². The Morgan fingerprint density at radius 3 is 2.97 bits per heavy atom. The van der Waals surface area contributed by atoms with Gasteiger partial charge in [-0.1, -0.05) is 17.7 Å². The summed E-state index contributed by atoms with van der Waals surface area (Å²) in [6.45, 7) is 1.10. The van der Waals surface area contributed by atoms with Crippen LogP contribution < -0.4 is 5.73 Å². The summed E-state index contributed by atoms with van der Waals surface area (Å²) >= 11 is 5.94. The standard InChI is InChI=1S/C21H19ClFN5O2/c22-16-7-12(1-3-17(16)23)19-11-30-6-5-28(19)21(29)15-10-26-20-14(15)2-4-18(27-20)13(8-24)9-25/h1-4,7-10,19,24H,5-6,11,25H2,(H,26,27)/b13-9+,24-8?. The summed E-state index contributed by atoms with van der Waals surface area (Å²) in [6, 6.07) is 7.54. The van der Waals surface area contributed by atoms with Crippen LogP contribution in [0.15, 0.2) is 42.7 Å². The molecule has 3 aromatic rings. The number of morpholine rings is 1. The summed E-state index contributed by atoms with van der Waals surface area (Å²) in [5.41, 5.74) is 8.23. The van der Waals surface area contributed by atoms with Crippen molar-refractivity contribution in [1.29, 1.82) is 5.41 Å². The zero-order valence-electron chi connectivity index (χ0n) is 15.9. The van der Waals surface area contributed by atoms with E-state index in [0.29, 0.717) is 53.2 Å². The van der Waals surface area contributed by atoms with Crippen LogP contribution in [0.25, 0.3) is 16.6 Å². The molecule has 4 N–H and O–H groups in total. The van der Waals surface area contributed by atoms with Gasteiger partial charge in [-0.05, 0) is 29.8 Å². The van der Waals surface area contributed by atoms with E-state index in [1.165, 1.54) is 18.3 Å². The van der Waals surface area contributed by atoms with Crippen molar-refractivity contribution in [3.63, 3.8) is 0 Å². The number of carbonyl (C=O) groups excluding carboxylic acids is 1. The van der Waals surface area contributed by atoms with E-state index in [1.54, 1.807) is 29.3 Å². The predicted molar refractivity (Wildman–Crippen MR) is 113 cm³/mol. The van der Waals surface area contributed by atoms with Crippen molar-refractivity contribution in [2.75, 3.05) is 19.8 Å². The number of H-pyrrole nitrogens is 1. The molecule has 0 radical (unpaired) electrons. The van der Waals surface area contributed by atoms with Gasteiger partial charge in [0, 0.05) is 36.1 Å². The summed E-state index contributed by atoms with van der Waals surface area (Å²) in [5, 5.41) is 8.08. The van der Waals surface area contributed by atoms with E-state index in [-0.39, 0.29) is 17.0 Å². The Kier molecular flexibility index (Phi) is 5.52. The zero-order valence-corrected chi connectivity index (χ0v) is 16.6. The van der Waals surface area contributed by atoms with E-state index >= 15 is 0 Å². The molecule has 1 atom stereocenters. The highest BCUT2D eigenvalue weighted by atomic mass is 35.5. The van der Waals surface area contributed by atoms with Gasteiger partial charge < -0.3 is 25.8 Å². The fraction of sp³-hybridized carbons (Fsp3) is 0.190. The molecule has 1 aromatic carbocycles. The molecule has 4 rings (SSSR count). The number of benzene rings is 1. The first-order valence-corrected chi connectivity index (χ1v) is 9.66. The van der Waals surface area contributed by atoms with Crippen LogP contribution in [0.2, 0.25) is 5.02 Å². The van der Waals surface area contributed by atoms with Gasteiger partial charge in [0.15, 0.2) is 0 Å². The molecule has 1 fully saturated rings. The second-order valence-corrected chi connectivity index (χ2v) is 7.23. The largest absolute Gasteiger partial charge is 0.404 e. The summed E-state index contributed by atoms with van der Waals surface area (Å²) in [6.07, 6.45) is 4.04.